The second kappa shape index (κ2) is 13.5. The van der Waals surface area contributed by atoms with Gasteiger partial charge in [-0.3, -0.25) is 4.98 Å². The van der Waals surface area contributed by atoms with Gasteiger partial charge in [-0.1, -0.05) is 165 Å². The van der Waals surface area contributed by atoms with Crippen molar-refractivity contribution in [1.82, 2.24) is 4.98 Å². The third-order valence-electron chi connectivity index (χ3n) is 7.42. The number of para-hydroxylation sites is 1. The first kappa shape index (κ1) is 31.0. The molecule has 218 valence electrons. The molecule has 0 fully saturated rings. The van der Waals surface area contributed by atoms with E-state index in [4.69, 9.17) is 9.98 Å². The van der Waals surface area contributed by atoms with Crippen molar-refractivity contribution in [2.75, 3.05) is 0 Å². The second-order valence-corrected chi connectivity index (χ2v) is 18.8. The molecule has 0 aliphatic heterocycles. The van der Waals surface area contributed by atoms with Crippen molar-refractivity contribution in [2.24, 2.45) is 4.99 Å². The number of nitrogens with zero attached hydrogens (tertiary/aromatic N) is 2. The Labute approximate surface area is 260 Å². The van der Waals surface area contributed by atoms with Crippen molar-refractivity contribution in [3.8, 4) is 0 Å². The summed E-state index contributed by atoms with van der Waals surface area (Å²) in [5, 5.41) is 4.32. The first-order valence-electron chi connectivity index (χ1n) is 15.0. The number of hydrogen-bond donors (Lipinski definition) is 0. The Morgan fingerprint density at radius 1 is 0.581 bits per heavy atom. The molecule has 5 aromatic rings. The lowest BCUT2D eigenvalue weighted by molar-refractivity contribution is 0.701. The van der Waals surface area contributed by atoms with Crippen LogP contribution in [-0.4, -0.2) is 21.0 Å². The molecule has 2 nitrogen and oxygen atoms in total. The van der Waals surface area contributed by atoms with E-state index in [1.807, 2.05) is 0 Å². The molecule has 0 bridgehead atoms. The lowest BCUT2D eigenvalue weighted by Crippen LogP contribution is -2.26. The van der Waals surface area contributed by atoms with Gasteiger partial charge in [-0.05, 0) is 47.0 Å². The first-order chi connectivity index (χ1) is 20.6. The van der Waals surface area contributed by atoms with E-state index in [-0.39, 0.29) is 18.2 Å². The number of hydrogen-bond acceptors (Lipinski definition) is 2. The van der Waals surface area contributed by atoms with Crippen LogP contribution in [0.1, 0.15) is 58.5 Å². The molecule has 0 atom stereocenters. The summed E-state index contributed by atoms with van der Waals surface area (Å²) in [4.78, 5) is 10.8. The minimum Gasteiger partial charge on any atom is -0.251 e. The lowest BCUT2D eigenvalue weighted by atomic mass is 10.1. The Bertz CT molecular complexity index is 1600. The van der Waals surface area contributed by atoms with Crippen molar-refractivity contribution in [3.05, 3.63) is 150 Å². The highest BCUT2D eigenvalue weighted by Gasteiger charge is 2.34. The van der Waals surface area contributed by atoms with Gasteiger partial charge in [0.1, 0.15) is 0 Å². The van der Waals surface area contributed by atoms with Crippen LogP contribution in [0.15, 0.2) is 138 Å². The van der Waals surface area contributed by atoms with Gasteiger partial charge < -0.3 is 0 Å². The number of pyridine rings is 1. The van der Waals surface area contributed by atoms with Gasteiger partial charge in [-0.25, -0.2) is 4.99 Å². The zero-order chi connectivity index (χ0) is 30.5. The molecular weight excluding hydrogens is 558 g/mol. The molecule has 0 radical (unpaired) electrons. The highest BCUT2D eigenvalue weighted by Crippen LogP contribution is 2.61. The third kappa shape index (κ3) is 7.75. The lowest BCUT2D eigenvalue weighted by Gasteiger charge is -2.41. The number of rotatable bonds is 8. The van der Waals surface area contributed by atoms with E-state index in [1.165, 1.54) is 15.9 Å². The molecule has 0 amide bonds. The monoisotopic (exact) mass is 600 g/mol. The molecule has 5 rings (SSSR count). The summed E-state index contributed by atoms with van der Waals surface area (Å²) in [5.74, 6) is 0. The van der Waals surface area contributed by atoms with Crippen molar-refractivity contribution in [3.63, 3.8) is 0 Å². The van der Waals surface area contributed by atoms with Crippen molar-refractivity contribution < 1.29 is 0 Å². The summed E-state index contributed by atoms with van der Waals surface area (Å²) in [6, 6.07) is 47.3. The SMILES string of the molecule is CC(C)(C)P(Cc1cccc(C(=Nc2ccccc2P(c2ccccc2)c2ccccc2)c2ccccc2)n1)C(C)(C)C. The summed E-state index contributed by atoms with van der Waals surface area (Å²) in [5.41, 5.74) is 5.02. The van der Waals surface area contributed by atoms with Crippen molar-refractivity contribution >= 4 is 43.2 Å². The summed E-state index contributed by atoms with van der Waals surface area (Å²) >= 11 is 0. The fourth-order valence-electron chi connectivity index (χ4n) is 5.66. The van der Waals surface area contributed by atoms with E-state index >= 15 is 0 Å². The zero-order valence-electron chi connectivity index (χ0n) is 26.2. The molecule has 0 aliphatic rings. The van der Waals surface area contributed by atoms with Crippen LogP contribution in [0.25, 0.3) is 0 Å². The Balaban J connectivity index is 1.65. The molecule has 43 heavy (non-hydrogen) atoms. The average Bonchev–Trinajstić information content (AvgIpc) is 3.00. The second-order valence-electron chi connectivity index (χ2n) is 12.8. The number of benzene rings is 4. The molecule has 0 aliphatic carbocycles. The van der Waals surface area contributed by atoms with E-state index < -0.39 is 7.92 Å². The van der Waals surface area contributed by atoms with Crippen LogP contribution in [0.2, 0.25) is 0 Å². The van der Waals surface area contributed by atoms with Crippen LogP contribution in [-0.2, 0) is 6.16 Å². The Kier molecular flexibility index (Phi) is 9.71. The minimum absolute atomic E-state index is 0.229. The minimum atomic E-state index is -0.804. The van der Waals surface area contributed by atoms with Crippen molar-refractivity contribution in [1.29, 1.82) is 0 Å². The number of aromatic nitrogens is 1. The summed E-state index contributed by atoms with van der Waals surface area (Å²) < 4.78 is 0. The molecule has 0 N–H and O–H groups in total. The molecule has 4 aromatic carbocycles. The van der Waals surface area contributed by atoms with Crippen LogP contribution in [0.5, 0.6) is 0 Å². The normalized spacial score (nSPS) is 12.6. The van der Waals surface area contributed by atoms with Gasteiger partial charge in [-0.2, -0.15) is 0 Å². The van der Waals surface area contributed by atoms with E-state index in [2.05, 4.69) is 175 Å². The van der Waals surface area contributed by atoms with Gasteiger partial charge in [0.25, 0.3) is 0 Å². The smallest absolute Gasteiger partial charge is 0.0966 e. The largest absolute Gasteiger partial charge is 0.251 e. The molecule has 0 saturated carbocycles. The van der Waals surface area contributed by atoms with Crippen LogP contribution >= 0.6 is 15.8 Å². The number of aliphatic imine (C=N–C) groups is 1. The van der Waals surface area contributed by atoms with Gasteiger partial charge in [0.15, 0.2) is 0 Å². The summed E-state index contributed by atoms with van der Waals surface area (Å²) in [6.45, 7) is 14.2. The molecule has 0 saturated heterocycles. The maximum atomic E-state index is 5.46. The topological polar surface area (TPSA) is 25.2 Å². The Morgan fingerprint density at radius 2 is 1.09 bits per heavy atom. The predicted octanol–water partition coefficient (Wildman–Crippen LogP) is 9.59. The van der Waals surface area contributed by atoms with E-state index in [1.54, 1.807) is 0 Å². The fourth-order valence-corrected chi connectivity index (χ4v) is 11.5. The Hall–Kier alpha value is -3.44. The first-order valence-corrected chi connectivity index (χ1v) is 17.9. The molecular formula is C39H42N2P2. The van der Waals surface area contributed by atoms with Crippen molar-refractivity contribution in [2.45, 2.75) is 58.0 Å². The van der Waals surface area contributed by atoms with Gasteiger partial charge in [0, 0.05) is 22.7 Å². The highest BCUT2D eigenvalue weighted by molar-refractivity contribution is 7.80. The summed E-state index contributed by atoms with van der Waals surface area (Å²) in [6.07, 6.45) is 0.988. The van der Waals surface area contributed by atoms with Gasteiger partial charge in [-0.15, -0.1) is 0 Å². The van der Waals surface area contributed by atoms with Crippen LogP contribution in [0.4, 0.5) is 5.69 Å². The molecule has 1 heterocycles. The third-order valence-corrected chi connectivity index (χ3v) is 13.8. The molecule has 4 heteroatoms. The van der Waals surface area contributed by atoms with Crippen LogP contribution < -0.4 is 15.9 Å². The quantitative estimate of drug-likeness (QED) is 0.129. The molecule has 1 aromatic heterocycles. The molecule has 0 unspecified atom stereocenters. The van der Waals surface area contributed by atoms with Gasteiger partial charge >= 0.3 is 0 Å². The predicted molar refractivity (Wildman–Crippen MR) is 191 cm³/mol. The highest BCUT2D eigenvalue weighted by atomic mass is 31.1. The molecule has 0 spiro atoms. The maximum absolute atomic E-state index is 5.46. The van der Waals surface area contributed by atoms with E-state index in [9.17, 15) is 0 Å². The zero-order valence-corrected chi connectivity index (χ0v) is 28.0. The average molecular weight is 601 g/mol. The van der Waals surface area contributed by atoms with E-state index in [0.29, 0.717) is 0 Å². The standard InChI is InChI=1S/C39H42N2P2/c1-38(2,3)42(39(4,5)6)29-31-21-18-27-35(40-31)37(30-19-10-7-11-20-30)41-34-26-16-17-28-36(34)43(32-22-12-8-13-23-32)33-24-14-9-15-25-33/h7-28H,29H2,1-6H3. The fraction of sp³-hybridized carbons (Fsp3) is 0.231. The van der Waals surface area contributed by atoms with Gasteiger partial charge in [0.2, 0.25) is 0 Å². The Morgan fingerprint density at radius 3 is 1.65 bits per heavy atom. The van der Waals surface area contributed by atoms with Gasteiger partial charge in [0.05, 0.1) is 17.1 Å². The van der Waals surface area contributed by atoms with Crippen LogP contribution in [0.3, 0.4) is 0 Å². The van der Waals surface area contributed by atoms with Crippen LogP contribution in [0, 0.1) is 0 Å². The summed E-state index contributed by atoms with van der Waals surface area (Å²) in [7, 11) is -1.12. The van der Waals surface area contributed by atoms with E-state index in [0.717, 1.165) is 34.5 Å². The maximum Gasteiger partial charge on any atom is 0.0966 e.